The van der Waals surface area contributed by atoms with E-state index in [0.29, 0.717) is 17.2 Å². The lowest BCUT2D eigenvalue weighted by molar-refractivity contribution is 0.587. The molecule has 0 aliphatic carbocycles. The number of anilines is 1. The van der Waals surface area contributed by atoms with E-state index in [-0.39, 0.29) is 11.9 Å². The van der Waals surface area contributed by atoms with Crippen molar-refractivity contribution in [2.45, 2.75) is 13.0 Å². The lowest BCUT2D eigenvalue weighted by Gasteiger charge is -2.15. The number of nitrogens with zero attached hydrogens (tertiary/aromatic N) is 6. The van der Waals surface area contributed by atoms with Crippen LogP contribution >= 0.6 is 0 Å². The smallest absolute Gasteiger partial charge is 0.222 e. The Morgan fingerprint density at radius 2 is 2.04 bits per heavy atom. The molecule has 0 spiro atoms. The summed E-state index contributed by atoms with van der Waals surface area (Å²) in [6, 6.07) is 10.1. The third-order valence-electron chi connectivity index (χ3n) is 3.57. The molecule has 1 unspecified atom stereocenters. The molecule has 114 valence electrons. The topological polar surface area (TPSA) is 80.9 Å². The fraction of sp³-hybridized carbons (Fsp3) is 0.133. The summed E-state index contributed by atoms with van der Waals surface area (Å²) in [6.45, 7) is 1.81. The van der Waals surface area contributed by atoms with Crippen LogP contribution in [0.3, 0.4) is 0 Å². The van der Waals surface area contributed by atoms with E-state index in [0.717, 1.165) is 11.0 Å². The van der Waals surface area contributed by atoms with E-state index in [1.807, 2.05) is 31.2 Å². The summed E-state index contributed by atoms with van der Waals surface area (Å²) in [4.78, 5) is 8.63. The highest BCUT2D eigenvalue weighted by Gasteiger charge is 2.17. The molecule has 0 amide bonds. The van der Waals surface area contributed by atoms with E-state index in [4.69, 9.17) is 0 Å². The third-order valence-corrected chi connectivity index (χ3v) is 3.57. The molecule has 23 heavy (non-hydrogen) atoms. The molecular weight excluding hydrogens is 297 g/mol. The molecule has 0 saturated heterocycles. The van der Waals surface area contributed by atoms with Gasteiger partial charge in [-0.2, -0.15) is 4.52 Å². The van der Waals surface area contributed by atoms with Gasteiger partial charge in [-0.05, 0) is 41.6 Å². The molecule has 0 fully saturated rings. The van der Waals surface area contributed by atoms with Gasteiger partial charge in [-0.1, -0.05) is 12.1 Å². The Balaban J connectivity index is 1.82. The lowest BCUT2D eigenvalue weighted by Crippen LogP contribution is -2.13. The van der Waals surface area contributed by atoms with Gasteiger partial charge in [0.05, 0.1) is 22.8 Å². The van der Waals surface area contributed by atoms with E-state index >= 15 is 0 Å². The number of fused-ring (bicyclic) bond motifs is 3. The van der Waals surface area contributed by atoms with Gasteiger partial charge in [-0.3, -0.25) is 4.98 Å². The molecular formula is C15H12FN7. The molecule has 0 aliphatic rings. The molecule has 1 aromatic carbocycles. The van der Waals surface area contributed by atoms with Crippen LogP contribution in [-0.2, 0) is 0 Å². The molecule has 7 nitrogen and oxygen atoms in total. The average molecular weight is 309 g/mol. The van der Waals surface area contributed by atoms with E-state index in [1.54, 1.807) is 16.8 Å². The molecule has 0 aliphatic heterocycles. The minimum Gasteiger partial charge on any atom is -0.359 e. The minimum atomic E-state index is -0.384. The Morgan fingerprint density at radius 1 is 1.17 bits per heavy atom. The van der Waals surface area contributed by atoms with Crippen LogP contribution in [0.15, 0.2) is 42.6 Å². The summed E-state index contributed by atoms with van der Waals surface area (Å²) in [7, 11) is 0. The van der Waals surface area contributed by atoms with Gasteiger partial charge < -0.3 is 5.32 Å². The Hall–Kier alpha value is -3.16. The van der Waals surface area contributed by atoms with Crippen molar-refractivity contribution in [1.29, 1.82) is 0 Å². The first-order valence-electron chi connectivity index (χ1n) is 7.08. The van der Waals surface area contributed by atoms with Gasteiger partial charge in [0.25, 0.3) is 0 Å². The highest BCUT2D eigenvalue weighted by Crippen LogP contribution is 2.23. The Morgan fingerprint density at radius 3 is 2.91 bits per heavy atom. The number of tetrazole rings is 1. The number of para-hydroxylation sites is 2. The van der Waals surface area contributed by atoms with Crippen LogP contribution in [0.5, 0.6) is 0 Å². The number of halogens is 1. The zero-order valence-corrected chi connectivity index (χ0v) is 12.2. The maximum Gasteiger partial charge on any atom is 0.222 e. The number of nitrogens with one attached hydrogen (secondary N) is 1. The predicted octanol–water partition coefficient (Wildman–Crippen LogP) is 2.38. The Labute approximate surface area is 130 Å². The number of rotatable bonds is 3. The molecule has 3 heterocycles. The van der Waals surface area contributed by atoms with Crippen molar-refractivity contribution >= 4 is 22.5 Å². The van der Waals surface area contributed by atoms with Gasteiger partial charge >= 0.3 is 0 Å². The second kappa shape index (κ2) is 5.24. The number of hydrogen-bond donors (Lipinski definition) is 1. The molecule has 8 heteroatoms. The van der Waals surface area contributed by atoms with Crippen molar-refractivity contribution in [2.75, 3.05) is 5.32 Å². The predicted molar refractivity (Wildman–Crippen MR) is 82.3 cm³/mol. The largest absolute Gasteiger partial charge is 0.359 e. The molecule has 4 rings (SSSR count). The Bertz CT molecular complexity index is 997. The van der Waals surface area contributed by atoms with Crippen molar-refractivity contribution < 1.29 is 4.39 Å². The van der Waals surface area contributed by atoms with Crippen molar-refractivity contribution in [3.8, 4) is 0 Å². The summed E-state index contributed by atoms with van der Waals surface area (Å²) in [5, 5.41) is 14.8. The maximum absolute atomic E-state index is 13.9. The van der Waals surface area contributed by atoms with Crippen molar-refractivity contribution in [2.24, 2.45) is 0 Å². The van der Waals surface area contributed by atoms with Crippen LogP contribution in [0.2, 0.25) is 0 Å². The monoisotopic (exact) mass is 309 g/mol. The van der Waals surface area contributed by atoms with Gasteiger partial charge in [-0.25, -0.2) is 9.37 Å². The van der Waals surface area contributed by atoms with Gasteiger partial charge in [0.2, 0.25) is 5.65 Å². The van der Waals surface area contributed by atoms with Crippen molar-refractivity contribution in [1.82, 2.24) is 30.0 Å². The Kier molecular flexibility index (Phi) is 3.07. The highest BCUT2D eigenvalue weighted by atomic mass is 19.1. The van der Waals surface area contributed by atoms with Crippen LogP contribution < -0.4 is 5.32 Å². The van der Waals surface area contributed by atoms with Gasteiger partial charge in [0.15, 0.2) is 5.82 Å². The van der Waals surface area contributed by atoms with Crippen LogP contribution in [0.4, 0.5) is 10.2 Å². The van der Waals surface area contributed by atoms with E-state index in [1.165, 1.54) is 6.07 Å². The van der Waals surface area contributed by atoms with Gasteiger partial charge in [0, 0.05) is 6.20 Å². The number of pyridine rings is 1. The molecule has 3 aromatic heterocycles. The second-order valence-electron chi connectivity index (χ2n) is 5.10. The SMILES string of the molecule is CC(Nc1nc2ccccc2n2nnnc12)c1ncccc1F. The third kappa shape index (κ3) is 2.24. The summed E-state index contributed by atoms with van der Waals surface area (Å²) in [5.41, 5.74) is 2.33. The zero-order valence-electron chi connectivity index (χ0n) is 12.2. The second-order valence-corrected chi connectivity index (χ2v) is 5.10. The van der Waals surface area contributed by atoms with Crippen molar-refractivity contribution in [3.63, 3.8) is 0 Å². The normalized spacial score (nSPS) is 12.6. The summed E-state index contributed by atoms with van der Waals surface area (Å²) in [6.07, 6.45) is 1.55. The van der Waals surface area contributed by atoms with Crippen LogP contribution in [-0.4, -0.2) is 30.0 Å². The molecule has 4 aromatic rings. The summed E-state index contributed by atoms with van der Waals surface area (Å²) >= 11 is 0. The zero-order chi connectivity index (χ0) is 15.8. The van der Waals surface area contributed by atoms with Crippen molar-refractivity contribution in [3.05, 3.63) is 54.1 Å². The molecule has 1 atom stereocenters. The van der Waals surface area contributed by atoms with E-state index in [9.17, 15) is 4.39 Å². The minimum absolute atomic E-state index is 0.313. The summed E-state index contributed by atoms with van der Waals surface area (Å²) in [5.74, 6) is 0.107. The maximum atomic E-state index is 13.9. The average Bonchev–Trinajstić information content (AvgIpc) is 3.05. The molecule has 1 N–H and O–H groups in total. The fourth-order valence-electron chi connectivity index (χ4n) is 2.49. The number of hydrogen-bond acceptors (Lipinski definition) is 6. The first-order chi connectivity index (χ1) is 11.2. The highest BCUT2D eigenvalue weighted by molar-refractivity contribution is 5.81. The van der Waals surface area contributed by atoms with Gasteiger partial charge in [-0.15, -0.1) is 5.10 Å². The van der Waals surface area contributed by atoms with E-state index < -0.39 is 0 Å². The molecule has 0 radical (unpaired) electrons. The first kappa shape index (κ1) is 13.5. The summed E-state index contributed by atoms with van der Waals surface area (Å²) < 4.78 is 15.5. The quantitative estimate of drug-likeness (QED) is 0.626. The standard InChI is InChI=1S/C15H12FN7/c1-9(13-10(16)5-4-8-17-13)18-14-15-20-21-22-23(15)12-7-3-2-6-11(12)19-14/h2-9H,1H3,(H,18,19). The van der Waals surface area contributed by atoms with Crippen LogP contribution in [0, 0.1) is 5.82 Å². The number of benzene rings is 1. The molecule has 0 bridgehead atoms. The van der Waals surface area contributed by atoms with Crippen LogP contribution in [0.25, 0.3) is 16.7 Å². The van der Waals surface area contributed by atoms with E-state index in [2.05, 4.69) is 30.8 Å². The van der Waals surface area contributed by atoms with Crippen LogP contribution in [0.1, 0.15) is 18.7 Å². The number of aromatic nitrogens is 6. The molecule has 0 saturated carbocycles. The van der Waals surface area contributed by atoms with Gasteiger partial charge in [0.1, 0.15) is 5.82 Å². The lowest BCUT2D eigenvalue weighted by atomic mass is 10.2. The first-order valence-corrected chi connectivity index (χ1v) is 7.08. The fourth-order valence-corrected chi connectivity index (χ4v) is 2.49.